The predicted molar refractivity (Wildman–Crippen MR) is 49.0 cm³/mol. The smallest absolute Gasteiger partial charge is 0.155 e. The molecule has 1 aromatic heterocycles. The minimum Gasteiger partial charge on any atom is -0.205 e. The Morgan fingerprint density at radius 1 is 1.25 bits per heavy atom. The maximum Gasteiger partial charge on any atom is 0.155 e. The van der Waals surface area contributed by atoms with Crippen molar-refractivity contribution in [1.29, 1.82) is 0 Å². The van der Waals surface area contributed by atoms with Crippen molar-refractivity contribution in [3.8, 4) is 0 Å². The molecule has 1 heterocycles. The van der Waals surface area contributed by atoms with Crippen LogP contribution in [-0.4, -0.2) is 0 Å². The van der Waals surface area contributed by atoms with Crippen LogP contribution in [0.3, 0.4) is 0 Å². The van der Waals surface area contributed by atoms with Crippen molar-refractivity contribution in [1.82, 2.24) is 0 Å². The topological polar surface area (TPSA) is 0 Å². The molecule has 0 aliphatic heterocycles. The van der Waals surface area contributed by atoms with E-state index in [1.54, 1.807) is 6.07 Å². The van der Waals surface area contributed by atoms with Gasteiger partial charge in [-0.3, -0.25) is 0 Å². The van der Waals surface area contributed by atoms with E-state index < -0.39 is 11.6 Å². The second-order valence-corrected chi connectivity index (χ2v) is 4.11. The predicted octanol–water partition coefficient (Wildman–Crippen LogP) is 3.47. The second-order valence-electron chi connectivity index (χ2n) is 2.34. The first-order valence-electron chi connectivity index (χ1n) is 3.25. The molecule has 12 heavy (non-hydrogen) atoms. The summed E-state index contributed by atoms with van der Waals surface area (Å²) in [6, 6.07) is 4.34. The van der Waals surface area contributed by atoms with Crippen molar-refractivity contribution >= 4 is 34.1 Å². The first kappa shape index (κ1) is 8.01. The number of rotatable bonds is 0. The fraction of sp³-hybridized carbons (Fsp3) is 0. The lowest BCUT2D eigenvalue weighted by molar-refractivity contribution is 0.621. The Bertz CT molecular complexity index is 434. The van der Waals surface area contributed by atoms with Crippen LogP contribution in [0.5, 0.6) is 0 Å². The summed E-state index contributed by atoms with van der Waals surface area (Å²) in [5, 5.41) is 0.310. The summed E-state index contributed by atoms with van der Waals surface area (Å²) in [6.45, 7) is 0. The van der Waals surface area contributed by atoms with Crippen LogP contribution in [0, 0.1) is 11.6 Å². The third kappa shape index (κ3) is 1.03. The highest BCUT2D eigenvalue weighted by Crippen LogP contribution is 2.33. The summed E-state index contributed by atoms with van der Waals surface area (Å²) in [5.41, 5.74) is 0. The van der Waals surface area contributed by atoms with Gasteiger partial charge in [0.05, 0.1) is 8.91 Å². The van der Waals surface area contributed by atoms with Crippen molar-refractivity contribution in [3.05, 3.63) is 29.8 Å². The van der Waals surface area contributed by atoms with E-state index >= 15 is 0 Å². The Balaban J connectivity index is 2.95. The number of halogens is 2. The molecule has 0 N–H and O–H groups in total. The minimum atomic E-state index is -0.433. The summed E-state index contributed by atoms with van der Waals surface area (Å²) >= 11 is 4.90. The second kappa shape index (κ2) is 2.71. The molecule has 2 rings (SSSR count). The zero-order chi connectivity index (χ0) is 8.72. The molecule has 0 aliphatic carbocycles. The molecule has 62 valence electrons. The first-order valence-corrected chi connectivity index (χ1v) is 4.52. The van der Waals surface area contributed by atoms with Gasteiger partial charge in [-0.1, -0.05) is 12.1 Å². The maximum atomic E-state index is 13.1. The lowest BCUT2D eigenvalue weighted by atomic mass is 10.2. The van der Waals surface area contributed by atoms with Crippen LogP contribution in [0.1, 0.15) is 0 Å². The molecule has 0 bridgehead atoms. The van der Waals surface area contributed by atoms with E-state index in [4.69, 9.17) is 0 Å². The SMILES string of the molecule is Fc1c(S)sc2c(F)cccc12. The van der Waals surface area contributed by atoms with Gasteiger partial charge in [-0.2, -0.15) is 0 Å². The van der Waals surface area contributed by atoms with E-state index in [0.717, 1.165) is 11.3 Å². The van der Waals surface area contributed by atoms with E-state index in [0.29, 0.717) is 10.1 Å². The molecule has 1 aromatic carbocycles. The van der Waals surface area contributed by atoms with Crippen LogP contribution in [0.25, 0.3) is 10.1 Å². The molecular formula is C8H4F2S2. The fourth-order valence-electron chi connectivity index (χ4n) is 1.04. The monoisotopic (exact) mass is 202 g/mol. The maximum absolute atomic E-state index is 13.1. The zero-order valence-electron chi connectivity index (χ0n) is 5.84. The average molecular weight is 202 g/mol. The van der Waals surface area contributed by atoms with Crippen LogP contribution in [0.15, 0.2) is 22.4 Å². The van der Waals surface area contributed by atoms with Crippen molar-refractivity contribution in [2.75, 3.05) is 0 Å². The van der Waals surface area contributed by atoms with Crippen LogP contribution in [0.2, 0.25) is 0 Å². The van der Waals surface area contributed by atoms with Crippen LogP contribution in [0.4, 0.5) is 8.78 Å². The molecule has 4 heteroatoms. The third-order valence-electron chi connectivity index (χ3n) is 1.59. The highest BCUT2D eigenvalue weighted by molar-refractivity contribution is 7.83. The first-order chi connectivity index (χ1) is 5.70. The summed E-state index contributed by atoms with van der Waals surface area (Å²) < 4.78 is 26.7. The van der Waals surface area contributed by atoms with Crippen molar-refractivity contribution < 1.29 is 8.78 Å². The summed E-state index contributed by atoms with van der Waals surface area (Å²) in [7, 11) is 0. The van der Waals surface area contributed by atoms with Gasteiger partial charge in [0.25, 0.3) is 0 Å². The molecule has 0 unspecified atom stereocenters. The van der Waals surface area contributed by atoms with Gasteiger partial charge in [0.1, 0.15) is 5.82 Å². The number of thiophene rings is 1. The van der Waals surface area contributed by atoms with Crippen LogP contribution >= 0.6 is 24.0 Å². The Morgan fingerprint density at radius 2 is 2.00 bits per heavy atom. The normalized spacial score (nSPS) is 10.9. The zero-order valence-corrected chi connectivity index (χ0v) is 7.55. The van der Waals surface area contributed by atoms with E-state index in [1.807, 2.05) is 0 Å². The molecule has 0 amide bonds. The van der Waals surface area contributed by atoms with Gasteiger partial charge in [0.15, 0.2) is 5.82 Å². The van der Waals surface area contributed by atoms with Gasteiger partial charge < -0.3 is 0 Å². The lowest BCUT2D eigenvalue weighted by Gasteiger charge is -1.88. The Labute approximate surface area is 77.2 Å². The average Bonchev–Trinajstić information content (AvgIpc) is 2.32. The molecule has 0 saturated carbocycles. The largest absolute Gasteiger partial charge is 0.205 e. The number of benzene rings is 1. The molecule has 0 saturated heterocycles. The molecule has 0 spiro atoms. The van der Waals surface area contributed by atoms with E-state index in [2.05, 4.69) is 12.6 Å². The Kier molecular flexibility index (Phi) is 1.81. The molecule has 2 aromatic rings. The Morgan fingerprint density at radius 3 is 2.67 bits per heavy atom. The van der Waals surface area contributed by atoms with Gasteiger partial charge in [-0.25, -0.2) is 8.78 Å². The van der Waals surface area contributed by atoms with E-state index in [-0.39, 0.29) is 4.21 Å². The quantitative estimate of drug-likeness (QED) is 0.621. The summed E-state index contributed by atoms with van der Waals surface area (Å²) in [5.74, 6) is -0.825. The molecule has 0 atom stereocenters. The van der Waals surface area contributed by atoms with Gasteiger partial charge in [-0.05, 0) is 6.07 Å². The number of hydrogen-bond acceptors (Lipinski definition) is 2. The highest BCUT2D eigenvalue weighted by atomic mass is 32.2. The van der Waals surface area contributed by atoms with Gasteiger partial charge in [-0.15, -0.1) is 24.0 Å². The van der Waals surface area contributed by atoms with Crippen LogP contribution in [-0.2, 0) is 0 Å². The minimum absolute atomic E-state index is 0.232. The van der Waals surface area contributed by atoms with E-state index in [9.17, 15) is 8.78 Å². The standard InChI is InChI=1S/C8H4F2S2/c9-5-3-1-2-4-6(10)8(11)12-7(4)5/h1-3,11H. The molecule has 0 fully saturated rings. The number of fused-ring (bicyclic) bond motifs is 1. The van der Waals surface area contributed by atoms with Gasteiger partial charge >= 0.3 is 0 Å². The van der Waals surface area contributed by atoms with Gasteiger partial charge in [0, 0.05) is 5.39 Å². The number of thiol groups is 1. The van der Waals surface area contributed by atoms with Crippen molar-refractivity contribution in [3.63, 3.8) is 0 Å². The summed E-state index contributed by atoms with van der Waals surface area (Å²) in [6.07, 6.45) is 0. The summed E-state index contributed by atoms with van der Waals surface area (Å²) in [4.78, 5) is 0. The molecular weight excluding hydrogens is 198 g/mol. The van der Waals surface area contributed by atoms with Crippen LogP contribution < -0.4 is 0 Å². The lowest BCUT2D eigenvalue weighted by Crippen LogP contribution is -1.73. The van der Waals surface area contributed by atoms with Crippen molar-refractivity contribution in [2.45, 2.75) is 4.21 Å². The fourth-order valence-corrected chi connectivity index (χ4v) is 2.26. The van der Waals surface area contributed by atoms with E-state index in [1.165, 1.54) is 12.1 Å². The third-order valence-corrected chi connectivity index (χ3v) is 3.05. The van der Waals surface area contributed by atoms with Gasteiger partial charge in [0.2, 0.25) is 0 Å². The molecule has 0 radical (unpaired) electrons. The number of hydrogen-bond donors (Lipinski definition) is 1. The molecule has 0 nitrogen and oxygen atoms in total. The highest BCUT2D eigenvalue weighted by Gasteiger charge is 2.11. The Hall–Kier alpha value is -0.610. The molecule has 0 aliphatic rings. The van der Waals surface area contributed by atoms with Crippen molar-refractivity contribution in [2.24, 2.45) is 0 Å².